The monoisotopic (exact) mass is 359 g/mol. The van der Waals surface area contributed by atoms with E-state index in [1.165, 1.54) is 47.4 Å². The standard InChI is InChI=1S/C17H15F2N5O2/c1-11-15(19)6-12(7-20-11)8-21-16(25)9-24-17(26)23(10-22-24)14-4-2-13(18)3-5-14/h2-7,10H,8-9H2,1H3,(H,21,25). The molecule has 2 heterocycles. The van der Waals surface area contributed by atoms with Gasteiger partial charge in [-0.05, 0) is 42.8 Å². The van der Waals surface area contributed by atoms with E-state index in [9.17, 15) is 18.4 Å². The Balaban J connectivity index is 1.65. The molecule has 0 unspecified atom stereocenters. The van der Waals surface area contributed by atoms with Crippen LogP contribution in [0.1, 0.15) is 11.3 Å². The molecule has 0 bridgehead atoms. The first-order valence-corrected chi connectivity index (χ1v) is 7.72. The summed E-state index contributed by atoms with van der Waals surface area (Å²) in [6.45, 7) is 1.33. The second kappa shape index (κ2) is 7.26. The van der Waals surface area contributed by atoms with Crippen LogP contribution in [0.5, 0.6) is 0 Å². The topological polar surface area (TPSA) is 81.8 Å². The van der Waals surface area contributed by atoms with E-state index in [1.54, 1.807) is 6.92 Å². The quantitative estimate of drug-likeness (QED) is 0.745. The van der Waals surface area contributed by atoms with Crippen molar-refractivity contribution in [2.24, 2.45) is 0 Å². The maximum absolute atomic E-state index is 13.4. The van der Waals surface area contributed by atoms with E-state index < -0.39 is 23.2 Å². The largest absolute Gasteiger partial charge is 0.350 e. The fourth-order valence-electron chi connectivity index (χ4n) is 2.26. The van der Waals surface area contributed by atoms with Gasteiger partial charge in [0.15, 0.2) is 0 Å². The molecule has 9 heteroatoms. The fraction of sp³-hybridized carbons (Fsp3) is 0.176. The summed E-state index contributed by atoms with van der Waals surface area (Å²) in [5.74, 6) is -1.33. The van der Waals surface area contributed by atoms with Crippen molar-refractivity contribution in [3.05, 3.63) is 76.2 Å². The van der Waals surface area contributed by atoms with Gasteiger partial charge in [0.1, 0.15) is 24.5 Å². The van der Waals surface area contributed by atoms with Gasteiger partial charge in [-0.15, -0.1) is 0 Å². The average molecular weight is 359 g/mol. The minimum absolute atomic E-state index is 0.0798. The SMILES string of the molecule is Cc1ncc(CNC(=O)Cn2ncn(-c3ccc(F)cc3)c2=O)cc1F. The van der Waals surface area contributed by atoms with E-state index in [1.807, 2.05) is 0 Å². The van der Waals surface area contributed by atoms with Crippen LogP contribution in [-0.4, -0.2) is 25.2 Å². The molecule has 134 valence electrons. The number of benzene rings is 1. The van der Waals surface area contributed by atoms with Crippen LogP contribution >= 0.6 is 0 Å². The van der Waals surface area contributed by atoms with Gasteiger partial charge in [0.2, 0.25) is 5.91 Å². The summed E-state index contributed by atoms with van der Waals surface area (Å²) >= 11 is 0. The van der Waals surface area contributed by atoms with Gasteiger partial charge < -0.3 is 5.32 Å². The van der Waals surface area contributed by atoms with E-state index in [0.29, 0.717) is 11.3 Å². The van der Waals surface area contributed by atoms with Crippen molar-refractivity contribution < 1.29 is 13.6 Å². The minimum atomic E-state index is -0.533. The van der Waals surface area contributed by atoms with E-state index in [-0.39, 0.29) is 18.8 Å². The summed E-state index contributed by atoms with van der Waals surface area (Å²) < 4.78 is 28.6. The molecule has 0 saturated carbocycles. The zero-order valence-corrected chi connectivity index (χ0v) is 13.8. The average Bonchev–Trinajstić information content (AvgIpc) is 2.97. The molecule has 1 amide bonds. The Morgan fingerprint density at radius 3 is 2.65 bits per heavy atom. The van der Waals surface area contributed by atoms with Crippen molar-refractivity contribution >= 4 is 5.91 Å². The van der Waals surface area contributed by atoms with Gasteiger partial charge in [0.05, 0.1) is 11.4 Å². The molecule has 0 saturated heterocycles. The lowest BCUT2D eigenvalue weighted by Crippen LogP contribution is -2.33. The molecule has 3 rings (SSSR count). The Hall–Kier alpha value is -3.36. The highest BCUT2D eigenvalue weighted by atomic mass is 19.1. The number of hydrogen-bond acceptors (Lipinski definition) is 4. The predicted octanol–water partition coefficient (Wildman–Crippen LogP) is 1.33. The Kier molecular flexibility index (Phi) is 4.87. The van der Waals surface area contributed by atoms with Crippen LogP contribution in [-0.2, 0) is 17.9 Å². The predicted molar refractivity (Wildman–Crippen MR) is 88.6 cm³/mol. The second-order valence-electron chi connectivity index (χ2n) is 5.61. The maximum Gasteiger partial charge on any atom is 0.350 e. The van der Waals surface area contributed by atoms with Gasteiger partial charge >= 0.3 is 5.69 Å². The summed E-state index contributed by atoms with van der Waals surface area (Å²) in [7, 11) is 0. The van der Waals surface area contributed by atoms with Crippen LogP contribution in [0.4, 0.5) is 8.78 Å². The first kappa shape index (κ1) is 17.5. The normalized spacial score (nSPS) is 10.7. The maximum atomic E-state index is 13.4. The smallest absolute Gasteiger partial charge is 0.350 e. The number of hydrogen-bond donors (Lipinski definition) is 1. The van der Waals surface area contributed by atoms with Crippen molar-refractivity contribution in [2.75, 3.05) is 0 Å². The molecule has 0 aliphatic rings. The molecular weight excluding hydrogens is 344 g/mol. The molecule has 3 aromatic rings. The molecule has 0 aliphatic heterocycles. The molecule has 0 radical (unpaired) electrons. The molecule has 0 spiro atoms. The number of carbonyl (C=O) groups is 1. The van der Waals surface area contributed by atoms with Gasteiger partial charge in [-0.3, -0.25) is 9.78 Å². The zero-order chi connectivity index (χ0) is 18.7. The number of rotatable bonds is 5. The third-order valence-electron chi connectivity index (χ3n) is 3.70. The minimum Gasteiger partial charge on any atom is -0.350 e. The lowest BCUT2D eigenvalue weighted by atomic mass is 10.2. The van der Waals surface area contributed by atoms with Crippen LogP contribution in [0.15, 0.2) is 47.7 Å². The number of carbonyl (C=O) groups excluding carboxylic acids is 1. The first-order chi connectivity index (χ1) is 12.4. The zero-order valence-electron chi connectivity index (χ0n) is 13.8. The van der Waals surface area contributed by atoms with Crippen molar-refractivity contribution in [2.45, 2.75) is 20.0 Å². The summed E-state index contributed by atoms with van der Waals surface area (Å²) in [5.41, 5.74) is 0.683. The van der Waals surface area contributed by atoms with Crippen molar-refractivity contribution in [1.82, 2.24) is 24.6 Å². The van der Waals surface area contributed by atoms with Gasteiger partial charge in [-0.1, -0.05) is 0 Å². The number of aromatic nitrogens is 4. The number of pyridine rings is 1. The molecule has 1 N–H and O–H groups in total. The van der Waals surface area contributed by atoms with Crippen LogP contribution in [0.25, 0.3) is 5.69 Å². The highest BCUT2D eigenvalue weighted by Crippen LogP contribution is 2.06. The number of aryl methyl sites for hydroxylation is 1. The van der Waals surface area contributed by atoms with Crippen LogP contribution < -0.4 is 11.0 Å². The highest BCUT2D eigenvalue weighted by Gasteiger charge is 2.11. The molecular formula is C17H15F2N5O2. The third kappa shape index (κ3) is 3.82. The van der Waals surface area contributed by atoms with Gasteiger partial charge in [0, 0.05) is 12.7 Å². The molecule has 0 aliphatic carbocycles. The van der Waals surface area contributed by atoms with Crippen LogP contribution in [0.2, 0.25) is 0 Å². The Morgan fingerprint density at radius 1 is 1.23 bits per heavy atom. The molecule has 0 fully saturated rings. The van der Waals surface area contributed by atoms with Crippen molar-refractivity contribution in [3.8, 4) is 5.69 Å². The lowest BCUT2D eigenvalue weighted by molar-refractivity contribution is -0.122. The number of amides is 1. The van der Waals surface area contributed by atoms with Gasteiger partial charge in [0.25, 0.3) is 0 Å². The third-order valence-corrected chi connectivity index (χ3v) is 3.70. The summed E-state index contributed by atoms with van der Waals surface area (Å²) in [5, 5.41) is 6.45. The van der Waals surface area contributed by atoms with E-state index in [4.69, 9.17) is 0 Å². The van der Waals surface area contributed by atoms with Crippen LogP contribution in [0.3, 0.4) is 0 Å². The molecule has 2 aromatic heterocycles. The van der Waals surface area contributed by atoms with Gasteiger partial charge in [-0.2, -0.15) is 5.10 Å². The number of nitrogens with zero attached hydrogens (tertiary/aromatic N) is 4. The molecule has 0 atom stereocenters. The Morgan fingerprint density at radius 2 is 1.96 bits per heavy atom. The second-order valence-corrected chi connectivity index (χ2v) is 5.61. The molecule has 1 aromatic carbocycles. The number of nitrogens with one attached hydrogen (secondary N) is 1. The molecule has 7 nitrogen and oxygen atoms in total. The fourth-order valence-corrected chi connectivity index (χ4v) is 2.26. The Bertz CT molecular complexity index is 995. The van der Waals surface area contributed by atoms with E-state index in [2.05, 4.69) is 15.4 Å². The summed E-state index contributed by atoms with van der Waals surface area (Å²) in [4.78, 5) is 28.1. The summed E-state index contributed by atoms with van der Waals surface area (Å²) in [6, 6.07) is 6.60. The van der Waals surface area contributed by atoms with Gasteiger partial charge in [-0.25, -0.2) is 22.8 Å². The summed E-state index contributed by atoms with van der Waals surface area (Å²) in [6.07, 6.45) is 2.72. The van der Waals surface area contributed by atoms with E-state index in [0.717, 1.165) is 4.68 Å². The van der Waals surface area contributed by atoms with Crippen LogP contribution in [0, 0.1) is 18.6 Å². The molecule has 26 heavy (non-hydrogen) atoms. The number of halogens is 2. The van der Waals surface area contributed by atoms with E-state index >= 15 is 0 Å². The lowest BCUT2D eigenvalue weighted by Gasteiger charge is -2.06. The van der Waals surface area contributed by atoms with Crippen molar-refractivity contribution in [3.63, 3.8) is 0 Å². The highest BCUT2D eigenvalue weighted by molar-refractivity contribution is 5.75. The van der Waals surface area contributed by atoms with Crippen molar-refractivity contribution in [1.29, 1.82) is 0 Å². The first-order valence-electron chi connectivity index (χ1n) is 7.72. The Labute approximate surface area is 146 Å².